The molecule has 0 bridgehead atoms. The topological polar surface area (TPSA) is 78.5 Å². The molecule has 1 aliphatic heterocycles. The van der Waals surface area contributed by atoms with E-state index in [0.29, 0.717) is 18.4 Å². The van der Waals surface area contributed by atoms with E-state index in [1.54, 1.807) is 19.1 Å². The van der Waals surface area contributed by atoms with Crippen LogP contribution in [0.5, 0.6) is 0 Å². The highest BCUT2D eigenvalue weighted by atomic mass is 19.1. The molecule has 4 amide bonds. The lowest BCUT2D eigenvalue weighted by Gasteiger charge is -2.22. The number of halogens is 1. The predicted octanol–water partition coefficient (Wildman–Crippen LogP) is 2.47. The van der Waals surface area contributed by atoms with Gasteiger partial charge in [0.1, 0.15) is 17.9 Å². The van der Waals surface area contributed by atoms with Gasteiger partial charge < -0.3 is 10.6 Å². The van der Waals surface area contributed by atoms with Crippen LogP contribution in [-0.4, -0.2) is 29.3 Å². The molecule has 4 rings (SSSR count). The van der Waals surface area contributed by atoms with E-state index in [1.165, 1.54) is 6.07 Å². The van der Waals surface area contributed by atoms with Crippen molar-refractivity contribution in [1.82, 2.24) is 10.2 Å². The number of urea groups is 1. The van der Waals surface area contributed by atoms with Gasteiger partial charge in [0.25, 0.3) is 5.91 Å². The lowest BCUT2D eigenvalue weighted by atomic mass is 9.92. The molecule has 2 aromatic carbocycles. The Morgan fingerprint density at radius 1 is 1.26 bits per heavy atom. The summed E-state index contributed by atoms with van der Waals surface area (Å²) in [6, 6.07) is 11.2. The highest BCUT2D eigenvalue weighted by molar-refractivity contribution is 6.10. The normalized spacial score (nSPS) is 20.7. The molecule has 6 nitrogen and oxygen atoms in total. The molecule has 1 unspecified atom stereocenters. The van der Waals surface area contributed by atoms with Crippen LogP contribution in [0.4, 0.5) is 14.9 Å². The molecule has 2 aromatic rings. The quantitative estimate of drug-likeness (QED) is 0.818. The maximum atomic E-state index is 13.6. The Bertz CT molecular complexity index is 975. The van der Waals surface area contributed by atoms with Gasteiger partial charge in [0.2, 0.25) is 5.91 Å². The summed E-state index contributed by atoms with van der Waals surface area (Å²) in [5.74, 6) is -1.43. The Morgan fingerprint density at radius 2 is 2.04 bits per heavy atom. The van der Waals surface area contributed by atoms with Gasteiger partial charge in [-0.25, -0.2) is 9.18 Å². The van der Waals surface area contributed by atoms with E-state index in [4.69, 9.17) is 0 Å². The Kier molecular flexibility index (Phi) is 3.95. The molecule has 138 valence electrons. The van der Waals surface area contributed by atoms with Crippen molar-refractivity contribution in [2.75, 3.05) is 11.9 Å². The van der Waals surface area contributed by atoms with Gasteiger partial charge in [0.15, 0.2) is 0 Å². The second-order valence-corrected chi connectivity index (χ2v) is 6.90. The number of imide groups is 1. The predicted molar refractivity (Wildman–Crippen MR) is 96.5 cm³/mol. The zero-order chi connectivity index (χ0) is 19.2. The number of carbonyl (C=O) groups excluding carboxylic acids is 3. The third kappa shape index (κ3) is 2.75. The molecule has 7 heteroatoms. The lowest BCUT2D eigenvalue weighted by molar-refractivity contribution is -0.134. The fourth-order valence-electron chi connectivity index (χ4n) is 3.75. The van der Waals surface area contributed by atoms with Crippen LogP contribution < -0.4 is 10.6 Å². The van der Waals surface area contributed by atoms with Crippen LogP contribution in [0.25, 0.3) is 0 Å². The van der Waals surface area contributed by atoms with E-state index in [1.807, 2.05) is 24.3 Å². The number of anilines is 1. The summed E-state index contributed by atoms with van der Waals surface area (Å²) in [5.41, 5.74) is 1.45. The van der Waals surface area contributed by atoms with E-state index in [-0.39, 0.29) is 5.69 Å². The first-order valence-electron chi connectivity index (χ1n) is 8.69. The number of aryl methyl sites for hydroxylation is 2. The maximum Gasteiger partial charge on any atom is 0.325 e. The number of nitrogens with one attached hydrogen (secondary N) is 2. The molecule has 1 heterocycles. The smallest absolute Gasteiger partial charge is 0.324 e. The number of rotatable bonds is 3. The van der Waals surface area contributed by atoms with Gasteiger partial charge in [-0.15, -0.1) is 0 Å². The van der Waals surface area contributed by atoms with Crippen molar-refractivity contribution in [3.63, 3.8) is 0 Å². The molecule has 2 N–H and O–H groups in total. The average molecular weight is 367 g/mol. The second kappa shape index (κ2) is 6.19. The molecule has 0 radical (unpaired) electrons. The number of fused-ring (bicyclic) bond motifs is 2. The highest BCUT2D eigenvalue weighted by Crippen LogP contribution is 2.41. The van der Waals surface area contributed by atoms with Gasteiger partial charge in [-0.2, -0.15) is 0 Å². The van der Waals surface area contributed by atoms with Crippen molar-refractivity contribution in [2.45, 2.75) is 25.3 Å². The minimum atomic E-state index is -1.09. The molecule has 1 atom stereocenters. The molecule has 1 spiro atoms. The van der Waals surface area contributed by atoms with Crippen LogP contribution in [0.2, 0.25) is 0 Å². The summed E-state index contributed by atoms with van der Waals surface area (Å²) in [6.07, 6.45) is 1.16. The monoisotopic (exact) mass is 367 g/mol. The number of amides is 4. The van der Waals surface area contributed by atoms with Gasteiger partial charge in [-0.1, -0.05) is 30.3 Å². The number of carbonyl (C=O) groups is 3. The zero-order valence-electron chi connectivity index (χ0n) is 14.7. The minimum absolute atomic E-state index is 0.274. The molecule has 2 aliphatic rings. The Morgan fingerprint density at radius 3 is 2.81 bits per heavy atom. The summed E-state index contributed by atoms with van der Waals surface area (Å²) in [4.78, 5) is 38.6. The van der Waals surface area contributed by atoms with Crippen LogP contribution in [0.1, 0.15) is 23.1 Å². The maximum absolute atomic E-state index is 13.6. The third-order valence-corrected chi connectivity index (χ3v) is 5.18. The van der Waals surface area contributed by atoms with E-state index in [2.05, 4.69) is 10.6 Å². The van der Waals surface area contributed by atoms with E-state index < -0.39 is 35.7 Å². The van der Waals surface area contributed by atoms with E-state index in [0.717, 1.165) is 16.0 Å². The number of benzene rings is 2. The molecular weight excluding hydrogens is 349 g/mol. The number of hydrogen-bond acceptors (Lipinski definition) is 3. The number of hydrogen-bond donors (Lipinski definition) is 2. The molecule has 27 heavy (non-hydrogen) atoms. The first kappa shape index (κ1) is 17.2. The summed E-state index contributed by atoms with van der Waals surface area (Å²) in [7, 11) is 0. The third-order valence-electron chi connectivity index (χ3n) is 5.18. The van der Waals surface area contributed by atoms with Crippen molar-refractivity contribution in [2.24, 2.45) is 0 Å². The van der Waals surface area contributed by atoms with Crippen LogP contribution in [0.15, 0.2) is 42.5 Å². The fourth-order valence-corrected chi connectivity index (χ4v) is 3.75. The Balaban J connectivity index is 1.52. The molecule has 1 aliphatic carbocycles. The average Bonchev–Trinajstić information content (AvgIpc) is 3.12. The molecule has 1 fully saturated rings. The molecule has 1 saturated heterocycles. The highest BCUT2D eigenvalue weighted by Gasteiger charge is 2.55. The molecular formula is C20H18FN3O3. The fraction of sp³-hybridized carbons (Fsp3) is 0.250. The summed E-state index contributed by atoms with van der Waals surface area (Å²) in [5, 5.41) is 5.29. The van der Waals surface area contributed by atoms with Crippen LogP contribution in [-0.2, 0) is 21.5 Å². The van der Waals surface area contributed by atoms with Crippen LogP contribution in [0, 0.1) is 12.7 Å². The van der Waals surface area contributed by atoms with Crippen molar-refractivity contribution < 1.29 is 18.8 Å². The Hall–Kier alpha value is -3.22. The summed E-state index contributed by atoms with van der Waals surface area (Å²) in [6.45, 7) is 1.19. The van der Waals surface area contributed by atoms with Gasteiger partial charge >= 0.3 is 6.03 Å². The van der Waals surface area contributed by atoms with Crippen molar-refractivity contribution >= 4 is 23.5 Å². The largest absolute Gasteiger partial charge is 0.325 e. The first-order chi connectivity index (χ1) is 12.9. The first-order valence-corrected chi connectivity index (χ1v) is 8.69. The van der Waals surface area contributed by atoms with Crippen LogP contribution in [0.3, 0.4) is 0 Å². The van der Waals surface area contributed by atoms with Gasteiger partial charge in [0.05, 0.1) is 0 Å². The Labute approximate surface area is 155 Å². The van der Waals surface area contributed by atoms with E-state index >= 15 is 0 Å². The SMILES string of the molecule is Cc1ccc(NC(=O)CN2C(=O)NC3(CCc4ccccc43)C2=O)cc1F. The van der Waals surface area contributed by atoms with Crippen molar-refractivity contribution in [3.05, 3.63) is 65.0 Å². The minimum Gasteiger partial charge on any atom is -0.324 e. The van der Waals surface area contributed by atoms with Crippen molar-refractivity contribution in [3.8, 4) is 0 Å². The van der Waals surface area contributed by atoms with Gasteiger partial charge in [-0.3, -0.25) is 14.5 Å². The summed E-state index contributed by atoms with van der Waals surface area (Å²) >= 11 is 0. The lowest BCUT2D eigenvalue weighted by Crippen LogP contribution is -2.43. The van der Waals surface area contributed by atoms with Gasteiger partial charge in [0, 0.05) is 5.69 Å². The molecule has 0 saturated carbocycles. The molecule has 0 aromatic heterocycles. The number of nitrogens with zero attached hydrogens (tertiary/aromatic N) is 1. The van der Waals surface area contributed by atoms with E-state index in [9.17, 15) is 18.8 Å². The summed E-state index contributed by atoms with van der Waals surface area (Å²) < 4.78 is 13.6. The van der Waals surface area contributed by atoms with Gasteiger partial charge in [-0.05, 0) is 48.6 Å². The van der Waals surface area contributed by atoms with Crippen molar-refractivity contribution in [1.29, 1.82) is 0 Å². The standard InChI is InChI=1S/C20H18FN3O3/c1-12-6-7-14(10-16(12)21)22-17(25)11-24-18(26)20(23-19(24)27)9-8-13-4-2-3-5-15(13)20/h2-7,10H,8-9,11H2,1H3,(H,22,25)(H,23,27). The van der Waals surface area contributed by atoms with Crippen LogP contribution >= 0.6 is 0 Å². The zero-order valence-corrected chi connectivity index (χ0v) is 14.7. The second-order valence-electron chi connectivity index (χ2n) is 6.90.